The number of hydrazone groups is 1. The van der Waals surface area contributed by atoms with Gasteiger partial charge >= 0.3 is 0 Å². The van der Waals surface area contributed by atoms with Crippen molar-refractivity contribution in [2.24, 2.45) is 5.10 Å². The minimum atomic E-state index is -0.266. The molecule has 2 aromatic carbocycles. The molecule has 2 amide bonds. The molecule has 0 radical (unpaired) electrons. The number of benzene rings is 2. The van der Waals surface area contributed by atoms with Crippen LogP contribution >= 0.6 is 11.6 Å². The summed E-state index contributed by atoms with van der Waals surface area (Å²) in [6.07, 6.45) is 1.22. The number of hydrogen-bond donors (Lipinski definition) is 1. The Morgan fingerprint density at radius 3 is 2.89 bits per heavy atom. The van der Waals surface area contributed by atoms with Crippen LogP contribution in [0.15, 0.2) is 47.6 Å². The summed E-state index contributed by atoms with van der Waals surface area (Å²) >= 11 is 6.18. The Balaban J connectivity index is 1.56. The molecule has 4 rings (SSSR count). The molecule has 0 fully saturated rings. The lowest BCUT2D eigenvalue weighted by Gasteiger charge is -2.28. The lowest BCUT2D eigenvalue weighted by atomic mass is 10.00. The molecule has 0 aliphatic carbocycles. The fourth-order valence-corrected chi connectivity index (χ4v) is 3.54. The van der Waals surface area contributed by atoms with Gasteiger partial charge in [-0.3, -0.25) is 9.59 Å². The average molecular weight is 398 g/mol. The summed E-state index contributed by atoms with van der Waals surface area (Å²) in [5, 5.41) is 9.18. The van der Waals surface area contributed by atoms with Gasteiger partial charge in [-0.2, -0.15) is 5.10 Å². The van der Waals surface area contributed by atoms with Gasteiger partial charge in [0, 0.05) is 29.8 Å². The predicted molar refractivity (Wildman–Crippen MR) is 108 cm³/mol. The second-order valence-corrected chi connectivity index (χ2v) is 7.29. The highest BCUT2D eigenvalue weighted by atomic mass is 35.5. The number of para-hydroxylation sites is 1. The van der Waals surface area contributed by atoms with Crippen molar-refractivity contribution in [1.29, 1.82) is 0 Å². The first-order valence-electron chi connectivity index (χ1n) is 9.22. The number of carbonyl (C=O) groups is 2. The molecule has 0 unspecified atom stereocenters. The molecule has 2 aliphatic heterocycles. The van der Waals surface area contributed by atoms with Crippen LogP contribution in [0.25, 0.3) is 0 Å². The van der Waals surface area contributed by atoms with Gasteiger partial charge in [-0.25, -0.2) is 5.01 Å². The first-order chi connectivity index (χ1) is 13.5. The zero-order chi connectivity index (χ0) is 19.7. The lowest BCUT2D eigenvalue weighted by Crippen LogP contribution is -2.41. The Morgan fingerprint density at radius 1 is 1.25 bits per heavy atom. The Bertz CT molecular complexity index is 973. The van der Waals surface area contributed by atoms with E-state index in [1.165, 1.54) is 5.01 Å². The Morgan fingerprint density at radius 2 is 2.07 bits per heavy atom. The van der Waals surface area contributed by atoms with Crippen molar-refractivity contribution < 1.29 is 14.3 Å². The van der Waals surface area contributed by atoms with E-state index in [4.69, 9.17) is 16.3 Å². The van der Waals surface area contributed by atoms with Gasteiger partial charge < -0.3 is 10.1 Å². The zero-order valence-electron chi connectivity index (χ0n) is 15.4. The third kappa shape index (κ3) is 3.60. The Labute approximate surface area is 168 Å². The third-order valence-electron chi connectivity index (χ3n) is 4.96. The molecule has 7 heteroatoms. The maximum absolute atomic E-state index is 12.8. The molecule has 0 aromatic heterocycles. The smallest absolute Gasteiger partial charge is 0.268 e. The fraction of sp³-hybridized carbons (Fsp3) is 0.286. The molecule has 1 N–H and O–H groups in total. The van der Waals surface area contributed by atoms with E-state index in [2.05, 4.69) is 10.4 Å². The molecule has 144 valence electrons. The van der Waals surface area contributed by atoms with Crippen molar-refractivity contribution in [2.75, 3.05) is 11.6 Å². The number of fused-ring (bicyclic) bond motifs is 1. The molecule has 0 bridgehead atoms. The van der Waals surface area contributed by atoms with Gasteiger partial charge in [-0.15, -0.1) is 0 Å². The van der Waals surface area contributed by atoms with Crippen molar-refractivity contribution in [3.63, 3.8) is 0 Å². The second-order valence-electron chi connectivity index (χ2n) is 6.89. The third-order valence-corrected chi connectivity index (χ3v) is 5.37. The number of anilines is 1. The number of aryl methyl sites for hydroxylation is 1. The average Bonchev–Trinajstić information content (AvgIpc) is 2.71. The molecule has 0 saturated heterocycles. The highest BCUT2D eigenvalue weighted by Gasteiger charge is 2.29. The van der Waals surface area contributed by atoms with Crippen molar-refractivity contribution >= 4 is 34.8 Å². The van der Waals surface area contributed by atoms with E-state index in [1.54, 1.807) is 12.1 Å². The van der Waals surface area contributed by atoms with Crippen LogP contribution in [0.5, 0.6) is 5.75 Å². The molecule has 2 aliphatic rings. The number of amides is 2. The van der Waals surface area contributed by atoms with Crippen molar-refractivity contribution in [2.45, 2.75) is 32.2 Å². The molecular formula is C21H20ClN3O3. The second kappa shape index (κ2) is 7.64. The number of nitrogens with one attached hydrogen (secondary N) is 1. The summed E-state index contributed by atoms with van der Waals surface area (Å²) < 4.78 is 5.64. The van der Waals surface area contributed by atoms with Gasteiger partial charge in [0.25, 0.3) is 5.91 Å². The normalized spacial score (nSPS) is 18.8. The van der Waals surface area contributed by atoms with Crippen LogP contribution in [0.4, 0.5) is 5.69 Å². The molecule has 6 nitrogen and oxygen atoms in total. The predicted octanol–water partition coefficient (Wildman–Crippen LogP) is 3.77. The van der Waals surface area contributed by atoms with E-state index in [9.17, 15) is 9.59 Å². The summed E-state index contributed by atoms with van der Waals surface area (Å²) in [6, 6.07) is 12.8. The molecule has 1 atom stereocenters. The van der Waals surface area contributed by atoms with Gasteiger partial charge in [0.2, 0.25) is 5.91 Å². The van der Waals surface area contributed by atoms with Crippen LogP contribution in [0.3, 0.4) is 0 Å². The summed E-state index contributed by atoms with van der Waals surface area (Å²) in [5.74, 6) is 0.362. The van der Waals surface area contributed by atoms with Gasteiger partial charge in [0.15, 0.2) is 0 Å². The van der Waals surface area contributed by atoms with E-state index in [0.717, 1.165) is 16.9 Å². The minimum Gasteiger partial charge on any atom is -0.493 e. The Hall–Kier alpha value is -2.86. The largest absolute Gasteiger partial charge is 0.493 e. The quantitative estimate of drug-likeness (QED) is 0.856. The number of halogens is 1. The van der Waals surface area contributed by atoms with E-state index in [0.29, 0.717) is 35.9 Å². The van der Waals surface area contributed by atoms with Crippen LogP contribution in [0.1, 0.15) is 36.4 Å². The molecule has 28 heavy (non-hydrogen) atoms. The van der Waals surface area contributed by atoms with Crippen LogP contribution < -0.4 is 15.1 Å². The number of hydrogen-bond acceptors (Lipinski definition) is 4. The van der Waals surface area contributed by atoms with Gasteiger partial charge in [-0.1, -0.05) is 35.9 Å². The van der Waals surface area contributed by atoms with E-state index >= 15 is 0 Å². The van der Waals surface area contributed by atoms with Crippen LogP contribution in [-0.2, 0) is 9.59 Å². The van der Waals surface area contributed by atoms with Gasteiger partial charge in [0.05, 0.1) is 18.3 Å². The topological polar surface area (TPSA) is 71.0 Å². The zero-order valence-corrected chi connectivity index (χ0v) is 16.2. The van der Waals surface area contributed by atoms with Crippen LogP contribution in [0.2, 0.25) is 5.02 Å². The highest BCUT2D eigenvalue weighted by Crippen LogP contribution is 2.32. The first kappa shape index (κ1) is 18.5. The van der Waals surface area contributed by atoms with E-state index in [-0.39, 0.29) is 24.3 Å². The molecule has 2 heterocycles. The Kier molecular flexibility index (Phi) is 5.05. The van der Waals surface area contributed by atoms with Crippen molar-refractivity contribution in [1.82, 2.24) is 5.32 Å². The lowest BCUT2D eigenvalue weighted by molar-refractivity contribution is -0.119. The molecular weight excluding hydrogens is 378 g/mol. The molecule has 0 saturated carbocycles. The van der Waals surface area contributed by atoms with Crippen LogP contribution in [0, 0.1) is 6.92 Å². The van der Waals surface area contributed by atoms with Gasteiger partial charge in [0.1, 0.15) is 11.5 Å². The first-order valence-corrected chi connectivity index (χ1v) is 9.60. The minimum absolute atomic E-state index is 0.139. The number of carbonyl (C=O) groups excluding carboxylic acids is 2. The standard InChI is InChI=1S/C21H20ClN3O3/c1-13-6-7-14(12-16(13)22)25-20(26)9-8-18(24-25)21(27)23-17-10-11-28-19-5-3-2-4-15(17)19/h2-7,12,17H,8-11H2,1H3,(H,23,27)/t17-/m0/s1. The van der Waals surface area contributed by atoms with E-state index in [1.807, 2.05) is 37.3 Å². The van der Waals surface area contributed by atoms with Crippen LogP contribution in [-0.4, -0.2) is 24.1 Å². The SMILES string of the molecule is Cc1ccc(N2N=C(C(=O)N[C@H]3CCOc4ccccc43)CCC2=O)cc1Cl. The molecule has 0 spiro atoms. The van der Waals surface area contributed by atoms with E-state index < -0.39 is 0 Å². The summed E-state index contributed by atoms with van der Waals surface area (Å²) in [7, 11) is 0. The number of rotatable bonds is 3. The maximum Gasteiger partial charge on any atom is 0.268 e. The highest BCUT2D eigenvalue weighted by molar-refractivity contribution is 6.40. The number of nitrogens with zero attached hydrogens (tertiary/aromatic N) is 2. The monoisotopic (exact) mass is 397 g/mol. The molecule has 2 aromatic rings. The summed E-state index contributed by atoms with van der Waals surface area (Å²) in [5.41, 5.74) is 2.76. The van der Waals surface area contributed by atoms with Crippen molar-refractivity contribution in [3.8, 4) is 5.75 Å². The summed E-state index contributed by atoms with van der Waals surface area (Å²) in [4.78, 5) is 25.2. The van der Waals surface area contributed by atoms with Crippen molar-refractivity contribution in [3.05, 3.63) is 58.6 Å². The van der Waals surface area contributed by atoms with Gasteiger partial charge in [-0.05, 0) is 30.7 Å². The summed E-state index contributed by atoms with van der Waals surface area (Å²) in [6.45, 7) is 2.43. The maximum atomic E-state index is 12.8. The fourth-order valence-electron chi connectivity index (χ4n) is 3.37. The number of ether oxygens (including phenoxy) is 1.